The van der Waals surface area contributed by atoms with Crippen LogP contribution < -0.4 is 5.32 Å². The van der Waals surface area contributed by atoms with Crippen molar-refractivity contribution in [1.29, 1.82) is 0 Å². The molecular weight excluding hydrogens is 152 g/mol. The highest BCUT2D eigenvalue weighted by molar-refractivity contribution is 5.82. The Kier molecular flexibility index (Phi) is 2.73. The molecule has 0 bridgehead atoms. The molecule has 1 fully saturated rings. The van der Waals surface area contributed by atoms with Crippen molar-refractivity contribution in [1.82, 2.24) is 10.2 Å². The number of hydrogen-bond acceptors (Lipinski definition) is 2. The fraction of sp³-hybridized carbons (Fsp3) is 0.889. The standard InChI is InChI=1S/C9H18N2O/c1-6(2)11-5-7(3)10-9(12)8(11)4/h6-8H,5H2,1-4H3,(H,10,12)/t7-,8-/m1/s1. The number of piperazine rings is 1. The van der Waals surface area contributed by atoms with Gasteiger partial charge in [0.15, 0.2) is 0 Å². The van der Waals surface area contributed by atoms with Crippen LogP contribution in [0.25, 0.3) is 0 Å². The molecule has 0 saturated carbocycles. The largest absolute Gasteiger partial charge is 0.351 e. The van der Waals surface area contributed by atoms with E-state index in [4.69, 9.17) is 0 Å². The molecule has 0 spiro atoms. The summed E-state index contributed by atoms with van der Waals surface area (Å²) in [6, 6.07) is 0.769. The molecule has 1 aliphatic rings. The summed E-state index contributed by atoms with van der Waals surface area (Å²) in [7, 11) is 0. The number of rotatable bonds is 1. The summed E-state index contributed by atoms with van der Waals surface area (Å²) in [5.41, 5.74) is 0. The Labute approximate surface area is 74.1 Å². The topological polar surface area (TPSA) is 32.3 Å². The van der Waals surface area contributed by atoms with Crippen LogP contribution in [0.1, 0.15) is 27.7 Å². The molecule has 3 nitrogen and oxygen atoms in total. The zero-order valence-corrected chi connectivity index (χ0v) is 8.29. The molecule has 1 rings (SSSR count). The van der Waals surface area contributed by atoms with E-state index in [9.17, 15) is 4.79 Å². The molecule has 1 heterocycles. The fourth-order valence-electron chi connectivity index (χ4n) is 1.69. The van der Waals surface area contributed by atoms with Crippen molar-refractivity contribution in [3.63, 3.8) is 0 Å². The molecule has 0 aromatic carbocycles. The van der Waals surface area contributed by atoms with Crippen molar-refractivity contribution in [2.24, 2.45) is 0 Å². The Hall–Kier alpha value is -0.570. The lowest BCUT2D eigenvalue weighted by atomic mass is 10.1. The van der Waals surface area contributed by atoms with Gasteiger partial charge >= 0.3 is 0 Å². The molecule has 1 N–H and O–H groups in total. The van der Waals surface area contributed by atoms with Crippen LogP contribution in [0.5, 0.6) is 0 Å². The third-order valence-corrected chi connectivity index (χ3v) is 2.41. The summed E-state index contributed by atoms with van der Waals surface area (Å²) in [6.07, 6.45) is 0. The monoisotopic (exact) mass is 170 g/mol. The van der Waals surface area contributed by atoms with E-state index in [1.165, 1.54) is 0 Å². The Morgan fingerprint density at radius 1 is 1.50 bits per heavy atom. The van der Waals surface area contributed by atoms with Gasteiger partial charge in [0.1, 0.15) is 0 Å². The van der Waals surface area contributed by atoms with E-state index < -0.39 is 0 Å². The Balaban J connectivity index is 2.66. The van der Waals surface area contributed by atoms with E-state index >= 15 is 0 Å². The van der Waals surface area contributed by atoms with E-state index in [2.05, 4.69) is 24.1 Å². The molecule has 2 atom stereocenters. The van der Waals surface area contributed by atoms with E-state index in [-0.39, 0.29) is 18.0 Å². The summed E-state index contributed by atoms with van der Waals surface area (Å²) in [4.78, 5) is 13.6. The van der Waals surface area contributed by atoms with E-state index in [1.54, 1.807) is 0 Å². The summed E-state index contributed by atoms with van der Waals surface area (Å²) < 4.78 is 0. The number of nitrogens with one attached hydrogen (secondary N) is 1. The molecule has 0 aromatic heterocycles. The number of nitrogens with zero attached hydrogens (tertiary/aromatic N) is 1. The van der Waals surface area contributed by atoms with Crippen molar-refractivity contribution >= 4 is 5.91 Å². The van der Waals surface area contributed by atoms with Crippen molar-refractivity contribution in [3.8, 4) is 0 Å². The molecule has 1 saturated heterocycles. The first kappa shape index (κ1) is 9.52. The average Bonchev–Trinajstić information content (AvgIpc) is 1.96. The smallest absolute Gasteiger partial charge is 0.237 e. The lowest BCUT2D eigenvalue weighted by molar-refractivity contribution is -0.130. The van der Waals surface area contributed by atoms with Crippen LogP contribution >= 0.6 is 0 Å². The molecule has 1 aliphatic heterocycles. The molecule has 3 heteroatoms. The van der Waals surface area contributed by atoms with Crippen LogP contribution in [0, 0.1) is 0 Å². The molecule has 12 heavy (non-hydrogen) atoms. The van der Waals surface area contributed by atoms with Gasteiger partial charge in [-0.05, 0) is 27.7 Å². The van der Waals surface area contributed by atoms with Gasteiger partial charge in [0.05, 0.1) is 6.04 Å². The molecule has 0 aromatic rings. The highest BCUT2D eigenvalue weighted by atomic mass is 16.2. The predicted octanol–water partition coefficient (Wildman–Crippen LogP) is 0.604. The fourth-order valence-corrected chi connectivity index (χ4v) is 1.69. The van der Waals surface area contributed by atoms with Gasteiger partial charge in [-0.1, -0.05) is 0 Å². The van der Waals surface area contributed by atoms with Crippen LogP contribution in [0.4, 0.5) is 0 Å². The first-order valence-corrected chi connectivity index (χ1v) is 4.58. The minimum Gasteiger partial charge on any atom is -0.351 e. The van der Waals surface area contributed by atoms with Crippen LogP contribution in [0.15, 0.2) is 0 Å². The summed E-state index contributed by atoms with van der Waals surface area (Å²) in [6.45, 7) is 9.22. The lowest BCUT2D eigenvalue weighted by Gasteiger charge is -2.39. The molecule has 0 radical (unpaired) electrons. The second kappa shape index (κ2) is 3.44. The predicted molar refractivity (Wildman–Crippen MR) is 48.9 cm³/mol. The highest BCUT2D eigenvalue weighted by Gasteiger charge is 2.30. The van der Waals surface area contributed by atoms with Gasteiger partial charge in [-0.2, -0.15) is 0 Å². The van der Waals surface area contributed by atoms with Gasteiger partial charge in [-0.25, -0.2) is 0 Å². The molecule has 1 amide bonds. The average molecular weight is 170 g/mol. The summed E-state index contributed by atoms with van der Waals surface area (Å²) in [5, 5.41) is 2.93. The zero-order chi connectivity index (χ0) is 9.30. The maximum absolute atomic E-state index is 11.4. The van der Waals surface area contributed by atoms with Crippen molar-refractivity contribution in [2.45, 2.75) is 45.8 Å². The van der Waals surface area contributed by atoms with Crippen LogP contribution in [0.2, 0.25) is 0 Å². The normalized spacial score (nSPS) is 32.2. The third kappa shape index (κ3) is 1.78. The molecular formula is C9H18N2O. The van der Waals surface area contributed by atoms with Gasteiger partial charge in [0.2, 0.25) is 5.91 Å². The number of carbonyl (C=O) groups is 1. The van der Waals surface area contributed by atoms with Crippen molar-refractivity contribution in [3.05, 3.63) is 0 Å². The van der Waals surface area contributed by atoms with Crippen molar-refractivity contribution in [2.75, 3.05) is 6.54 Å². The Morgan fingerprint density at radius 3 is 2.58 bits per heavy atom. The van der Waals surface area contributed by atoms with Gasteiger partial charge in [-0.15, -0.1) is 0 Å². The van der Waals surface area contributed by atoms with Gasteiger partial charge in [0.25, 0.3) is 0 Å². The van der Waals surface area contributed by atoms with E-state index in [0.717, 1.165) is 6.54 Å². The highest BCUT2D eigenvalue weighted by Crippen LogP contribution is 2.11. The number of carbonyl (C=O) groups excluding carboxylic acids is 1. The summed E-state index contributed by atoms with van der Waals surface area (Å²) >= 11 is 0. The molecule has 70 valence electrons. The van der Waals surface area contributed by atoms with Crippen molar-refractivity contribution < 1.29 is 4.79 Å². The molecule has 0 unspecified atom stereocenters. The first-order valence-electron chi connectivity index (χ1n) is 4.58. The molecule has 0 aliphatic carbocycles. The second-order valence-electron chi connectivity index (χ2n) is 3.88. The maximum Gasteiger partial charge on any atom is 0.237 e. The Morgan fingerprint density at radius 2 is 2.08 bits per heavy atom. The quantitative estimate of drug-likeness (QED) is 0.625. The van der Waals surface area contributed by atoms with Crippen LogP contribution in [-0.4, -0.2) is 35.5 Å². The van der Waals surface area contributed by atoms with Gasteiger partial charge in [0, 0.05) is 18.6 Å². The zero-order valence-electron chi connectivity index (χ0n) is 8.29. The number of hydrogen-bond donors (Lipinski definition) is 1. The first-order chi connectivity index (χ1) is 5.52. The van der Waals surface area contributed by atoms with E-state index in [0.29, 0.717) is 6.04 Å². The minimum atomic E-state index is 0.0289. The summed E-state index contributed by atoms with van der Waals surface area (Å²) in [5.74, 6) is 0.155. The second-order valence-corrected chi connectivity index (χ2v) is 3.88. The lowest BCUT2D eigenvalue weighted by Crippen LogP contribution is -2.59. The Bertz CT molecular complexity index is 179. The minimum absolute atomic E-state index is 0.0289. The van der Waals surface area contributed by atoms with E-state index in [1.807, 2.05) is 13.8 Å². The van der Waals surface area contributed by atoms with Gasteiger partial charge in [-0.3, -0.25) is 9.69 Å². The van der Waals surface area contributed by atoms with Crippen LogP contribution in [0.3, 0.4) is 0 Å². The third-order valence-electron chi connectivity index (χ3n) is 2.41. The maximum atomic E-state index is 11.4. The number of amides is 1. The SMILES string of the molecule is CC(C)N1C[C@@H](C)NC(=O)[C@H]1C. The van der Waals surface area contributed by atoms with Crippen LogP contribution in [-0.2, 0) is 4.79 Å². The van der Waals surface area contributed by atoms with Gasteiger partial charge < -0.3 is 5.32 Å².